The van der Waals surface area contributed by atoms with Crippen LogP contribution in [0.3, 0.4) is 0 Å². The largest absolute Gasteiger partial charge is 0.507 e. The Morgan fingerprint density at radius 3 is 2.69 bits per heavy atom. The van der Waals surface area contributed by atoms with Crippen LogP contribution in [0.25, 0.3) is 21.7 Å². The number of amides is 3. The first-order valence-electron chi connectivity index (χ1n) is 11.2. The molecule has 0 radical (unpaired) electrons. The number of primary amides is 1. The highest BCUT2D eigenvalue weighted by Gasteiger charge is 2.36. The molecule has 4 aromatic rings. The summed E-state index contributed by atoms with van der Waals surface area (Å²) in [6, 6.07) is 13.8. The number of nitrogens with zero attached hydrogens (tertiary/aromatic N) is 3. The van der Waals surface area contributed by atoms with Gasteiger partial charge in [-0.1, -0.05) is 0 Å². The highest BCUT2D eigenvalue weighted by Crippen LogP contribution is 2.46. The van der Waals surface area contributed by atoms with E-state index in [2.05, 4.69) is 11.1 Å². The topological polar surface area (TPSA) is 126 Å². The number of hydrogen-bond acceptors (Lipinski definition) is 4. The van der Waals surface area contributed by atoms with Crippen molar-refractivity contribution >= 4 is 56.6 Å². The Balaban J connectivity index is 1.46. The fourth-order valence-electron chi connectivity index (χ4n) is 5.47. The van der Waals surface area contributed by atoms with Gasteiger partial charge in [0.25, 0.3) is 5.91 Å². The number of alkyl halides is 1. The number of benzene rings is 3. The number of aromatic amines is 1. The normalized spacial score (nSPS) is 16.5. The van der Waals surface area contributed by atoms with Gasteiger partial charge in [-0.15, -0.1) is 11.6 Å². The van der Waals surface area contributed by atoms with Crippen LogP contribution in [0.1, 0.15) is 33.1 Å². The van der Waals surface area contributed by atoms with Crippen LogP contribution in [0.4, 0.5) is 16.2 Å². The minimum absolute atomic E-state index is 0.0391. The minimum Gasteiger partial charge on any atom is -0.507 e. The van der Waals surface area contributed by atoms with Crippen molar-refractivity contribution in [3.63, 3.8) is 0 Å². The van der Waals surface area contributed by atoms with Crippen molar-refractivity contribution < 1.29 is 14.7 Å². The number of anilines is 2. The van der Waals surface area contributed by atoms with Gasteiger partial charge in [0.05, 0.1) is 17.3 Å². The second-order valence-electron chi connectivity index (χ2n) is 8.92. The maximum atomic E-state index is 13.7. The number of aromatic nitrogens is 1. The molecule has 6 rings (SSSR count). The Morgan fingerprint density at radius 2 is 1.94 bits per heavy atom. The van der Waals surface area contributed by atoms with Gasteiger partial charge in [0.2, 0.25) is 0 Å². The number of nitrogens with two attached hydrogens (primary N) is 1. The summed E-state index contributed by atoms with van der Waals surface area (Å²) in [4.78, 5) is 31.9. The molecule has 0 bridgehead atoms. The number of aromatic hydroxyl groups is 1. The lowest BCUT2D eigenvalue weighted by Crippen LogP contribution is -2.33. The van der Waals surface area contributed by atoms with Crippen LogP contribution < -0.4 is 15.5 Å². The molecule has 4 N–H and O–H groups in total. The number of H-pyrrole nitrogens is 1. The second-order valence-corrected chi connectivity index (χ2v) is 9.22. The maximum Gasteiger partial charge on any atom is 0.319 e. The van der Waals surface area contributed by atoms with Gasteiger partial charge in [-0.3, -0.25) is 9.69 Å². The van der Waals surface area contributed by atoms with Crippen LogP contribution in [0.2, 0.25) is 0 Å². The van der Waals surface area contributed by atoms with Crippen LogP contribution in [0, 0.1) is 11.3 Å². The van der Waals surface area contributed by atoms with Crippen LogP contribution in [-0.4, -0.2) is 41.0 Å². The van der Waals surface area contributed by atoms with E-state index in [4.69, 9.17) is 17.3 Å². The lowest BCUT2D eigenvalue weighted by molar-refractivity contribution is 0.0984. The molecule has 0 saturated carbocycles. The first-order chi connectivity index (χ1) is 16.9. The molecule has 9 heteroatoms. The number of fused-ring (bicyclic) bond motifs is 6. The molecule has 0 fully saturated rings. The zero-order valence-corrected chi connectivity index (χ0v) is 19.3. The Kier molecular flexibility index (Phi) is 4.66. The fraction of sp³-hybridized carbons (Fsp3) is 0.192. The summed E-state index contributed by atoms with van der Waals surface area (Å²) in [5.41, 5.74) is 10.4. The molecule has 1 aromatic heterocycles. The third-order valence-corrected chi connectivity index (χ3v) is 7.43. The Morgan fingerprint density at radius 1 is 1.11 bits per heavy atom. The number of urea groups is 1. The van der Waals surface area contributed by atoms with E-state index in [0.29, 0.717) is 41.8 Å². The number of nitrogens with one attached hydrogen (secondary N) is 1. The van der Waals surface area contributed by atoms with Crippen LogP contribution in [0.5, 0.6) is 5.75 Å². The smallest absolute Gasteiger partial charge is 0.319 e. The molecular formula is C26H20ClN5O3. The van der Waals surface area contributed by atoms with Gasteiger partial charge in [-0.25, -0.2) is 4.79 Å². The Hall–Kier alpha value is -4.22. The number of hydrogen-bond donors (Lipinski definition) is 3. The maximum absolute atomic E-state index is 13.7. The molecule has 0 unspecified atom stereocenters. The first-order valence-corrected chi connectivity index (χ1v) is 11.7. The molecule has 3 amide bonds. The average molecular weight is 486 g/mol. The van der Waals surface area contributed by atoms with Gasteiger partial charge in [0, 0.05) is 52.9 Å². The van der Waals surface area contributed by atoms with E-state index in [9.17, 15) is 20.0 Å². The van der Waals surface area contributed by atoms with Gasteiger partial charge in [-0.2, -0.15) is 5.26 Å². The standard InChI is InChI=1S/C26H20ClN5O3/c27-10-14-12-32(22-9-23(33)16-2-1-13(11-28)7-18(16)24(14)22)25(34)20-8-17-15-5-6-31(26(29)35)21(15)4-3-19(17)30-20/h1-4,7-9,14,30,33H,5-6,10,12H2,(H2,29,35)/t14-/m0/s1. The number of carbonyl (C=O) groups is 2. The quantitative estimate of drug-likeness (QED) is 0.365. The van der Waals surface area contributed by atoms with Gasteiger partial charge in [-0.05, 0) is 59.3 Å². The van der Waals surface area contributed by atoms with Crippen molar-refractivity contribution in [1.29, 1.82) is 5.26 Å². The van der Waals surface area contributed by atoms with Crippen molar-refractivity contribution in [2.75, 3.05) is 28.8 Å². The molecule has 35 heavy (non-hydrogen) atoms. The van der Waals surface area contributed by atoms with Crippen molar-refractivity contribution in [2.45, 2.75) is 12.3 Å². The average Bonchev–Trinajstić information content (AvgIpc) is 3.57. The van der Waals surface area contributed by atoms with Crippen molar-refractivity contribution in [1.82, 2.24) is 4.98 Å². The van der Waals surface area contributed by atoms with E-state index in [-0.39, 0.29) is 23.5 Å². The summed E-state index contributed by atoms with van der Waals surface area (Å²) in [5, 5.41) is 22.3. The molecular weight excluding hydrogens is 466 g/mol. The lowest BCUT2D eigenvalue weighted by Gasteiger charge is -2.17. The lowest BCUT2D eigenvalue weighted by atomic mass is 9.94. The van der Waals surface area contributed by atoms with Crippen LogP contribution in [-0.2, 0) is 6.42 Å². The van der Waals surface area contributed by atoms with Gasteiger partial charge >= 0.3 is 6.03 Å². The summed E-state index contributed by atoms with van der Waals surface area (Å²) in [6.45, 7) is 0.863. The molecule has 0 saturated heterocycles. The number of nitriles is 1. The molecule has 0 aliphatic carbocycles. The van der Waals surface area contributed by atoms with E-state index in [1.807, 2.05) is 18.2 Å². The monoisotopic (exact) mass is 485 g/mol. The number of carbonyl (C=O) groups excluding carboxylic acids is 2. The highest BCUT2D eigenvalue weighted by molar-refractivity contribution is 6.19. The predicted octanol–water partition coefficient (Wildman–Crippen LogP) is 4.32. The third kappa shape index (κ3) is 3.05. The SMILES string of the molecule is N#Cc1ccc2c(O)cc3c(c2c1)[C@@H](CCl)CN3C(=O)c1cc2c3c(ccc2[nH]1)N(C(N)=O)CC3. The molecule has 174 valence electrons. The third-order valence-electron chi connectivity index (χ3n) is 7.06. The molecule has 2 aliphatic rings. The molecule has 0 spiro atoms. The van der Waals surface area contributed by atoms with Crippen molar-refractivity contribution in [3.05, 3.63) is 64.8 Å². The van der Waals surface area contributed by atoms with E-state index in [1.165, 1.54) is 4.90 Å². The fourth-order valence-corrected chi connectivity index (χ4v) is 5.72. The van der Waals surface area contributed by atoms with E-state index < -0.39 is 6.03 Å². The summed E-state index contributed by atoms with van der Waals surface area (Å²) in [5.74, 6) is -0.0669. The molecule has 1 atom stereocenters. The summed E-state index contributed by atoms with van der Waals surface area (Å²) >= 11 is 6.32. The van der Waals surface area contributed by atoms with E-state index in [0.717, 1.165) is 33.1 Å². The molecule has 8 nitrogen and oxygen atoms in total. The number of phenols is 1. The van der Waals surface area contributed by atoms with Crippen molar-refractivity contribution in [3.8, 4) is 11.8 Å². The van der Waals surface area contributed by atoms with E-state index in [1.54, 1.807) is 29.2 Å². The van der Waals surface area contributed by atoms with Gasteiger partial charge in [0.1, 0.15) is 11.4 Å². The Bertz CT molecular complexity index is 1620. The zero-order chi connectivity index (χ0) is 24.4. The Labute approximate surface area is 205 Å². The number of phenolic OH excluding ortho intramolecular Hbond substituents is 1. The van der Waals surface area contributed by atoms with Crippen molar-refractivity contribution in [2.24, 2.45) is 5.73 Å². The number of rotatable bonds is 2. The molecule has 2 aliphatic heterocycles. The van der Waals surface area contributed by atoms with Crippen LogP contribution in [0.15, 0.2) is 42.5 Å². The highest BCUT2D eigenvalue weighted by atomic mass is 35.5. The summed E-state index contributed by atoms with van der Waals surface area (Å²) in [6.07, 6.45) is 0.656. The predicted molar refractivity (Wildman–Crippen MR) is 134 cm³/mol. The first kappa shape index (κ1) is 21.3. The summed E-state index contributed by atoms with van der Waals surface area (Å²) in [7, 11) is 0. The number of halogens is 1. The second kappa shape index (κ2) is 7.65. The van der Waals surface area contributed by atoms with E-state index >= 15 is 0 Å². The minimum atomic E-state index is -0.498. The zero-order valence-electron chi connectivity index (χ0n) is 18.5. The van der Waals surface area contributed by atoms with Gasteiger partial charge < -0.3 is 20.7 Å². The molecule has 3 aromatic carbocycles. The van der Waals surface area contributed by atoms with Gasteiger partial charge in [0.15, 0.2) is 0 Å². The molecule has 3 heterocycles. The van der Waals surface area contributed by atoms with Crippen LogP contribution >= 0.6 is 11.6 Å². The summed E-state index contributed by atoms with van der Waals surface area (Å²) < 4.78 is 0.